The molecule has 160 valence electrons. The molecule has 6 atom stereocenters. The van der Waals surface area contributed by atoms with Crippen LogP contribution in [0.3, 0.4) is 0 Å². The largest absolute Gasteiger partial charge is 0.468 e. The SMILES string of the molecule is COC(=O)[C@]1(C)C[C@H](C(=O)O[C@@H]2C[C@H](C)CC[C@H]2C(C)C)[C@H](c2ccccc2)N1. The molecule has 0 bridgehead atoms. The van der Waals surface area contributed by atoms with Gasteiger partial charge in [-0.2, -0.15) is 0 Å². The Hall–Kier alpha value is -1.88. The van der Waals surface area contributed by atoms with Gasteiger partial charge in [0.25, 0.3) is 0 Å². The molecule has 29 heavy (non-hydrogen) atoms. The first-order valence-electron chi connectivity index (χ1n) is 10.9. The zero-order valence-electron chi connectivity index (χ0n) is 18.3. The number of esters is 2. The topological polar surface area (TPSA) is 64.6 Å². The van der Waals surface area contributed by atoms with Crippen LogP contribution in [0.2, 0.25) is 0 Å². The minimum atomic E-state index is -0.906. The molecule has 0 radical (unpaired) electrons. The number of carbonyl (C=O) groups is 2. The Kier molecular flexibility index (Phi) is 6.67. The molecule has 1 aliphatic carbocycles. The lowest BCUT2D eigenvalue weighted by atomic mass is 9.75. The van der Waals surface area contributed by atoms with Crippen molar-refractivity contribution in [3.05, 3.63) is 35.9 Å². The number of ether oxygens (including phenoxy) is 2. The average molecular weight is 402 g/mol. The van der Waals surface area contributed by atoms with Crippen molar-refractivity contribution in [3.63, 3.8) is 0 Å². The first-order valence-corrected chi connectivity index (χ1v) is 10.9. The molecule has 0 spiro atoms. The van der Waals surface area contributed by atoms with E-state index in [0.29, 0.717) is 24.2 Å². The van der Waals surface area contributed by atoms with E-state index in [4.69, 9.17) is 9.47 Å². The van der Waals surface area contributed by atoms with Gasteiger partial charge in [-0.25, -0.2) is 0 Å². The molecule has 1 heterocycles. The molecule has 2 aliphatic rings. The maximum atomic E-state index is 13.4. The van der Waals surface area contributed by atoms with Crippen molar-refractivity contribution in [2.45, 2.75) is 71.1 Å². The summed E-state index contributed by atoms with van der Waals surface area (Å²) in [7, 11) is 1.38. The van der Waals surface area contributed by atoms with Gasteiger partial charge in [0.05, 0.1) is 13.0 Å². The van der Waals surface area contributed by atoms with Crippen molar-refractivity contribution in [2.75, 3.05) is 7.11 Å². The molecule has 1 saturated heterocycles. The minimum Gasteiger partial charge on any atom is -0.468 e. The van der Waals surface area contributed by atoms with Gasteiger partial charge in [0.15, 0.2) is 0 Å². The summed E-state index contributed by atoms with van der Waals surface area (Å²) in [5.41, 5.74) is 0.0792. The lowest BCUT2D eigenvalue weighted by Crippen LogP contribution is -2.45. The van der Waals surface area contributed by atoms with E-state index in [1.807, 2.05) is 37.3 Å². The molecule has 2 fully saturated rings. The van der Waals surface area contributed by atoms with E-state index < -0.39 is 11.5 Å². The first-order chi connectivity index (χ1) is 13.7. The number of hydrogen-bond donors (Lipinski definition) is 1. The van der Waals surface area contributed by atoms with Crippen LogP contribution in [0, 0.1) is 23.7 Å². The molecule has 1 aliphatic heterocycles. The van der Waals surface area contributed by atoms with Gasteiger partial charge in [-0.3, -0.25) is 14.9 Å². The maximum Gasteiger partial charge on any atom is 0.325 e. The number of nitrogens with one attached hydrogen (secondary N) is 1. The van der Waals surface area contributed by atoms with Crippen molar-refractivity contribution in [3.8, 4) is 0 Å². The van der Waals surface area contributed by atoms with E-state index in [9.17, 15) is 9.59 Å². The van der Waals surface area contributed by atoms with Crippen LogP contribution in [0.15, 0.2) is 30.3 Å². The molecule has 0 aromatic heterocycles. The second-order valence-electron chi connectivity index (χ2n) is 9.47. The number of methoxy groups -OCH3 is 1. The van der Waals surface area contributed by atoms with E-state index in [-0.39, 0.29) is 24.1 Å². The van der Waals surface area contributed by atoms with E-state index in [1.165, 1.54) is 13.5 Å². The van der Waals surface area contributed by atoms with Crippen LogP contribution < -0.4 is 5.32 Å². The van der Waals surface area contributed by atoms with Gasteiger partial charge in [0.2, 0.25) is 0 Å². The van der Waals surface area contributed by atoms with Crippen LogP contribution in [-0.2, 0) is 19.1 Å². The van der Waals surface area contributed by atoms with Crippen LogP contribution in [0.1, 0.15) is 65.0 Å². The first kappa shape index (κ1) is 21.8. The maximum absolute atomic E-state index is 13.4. The highest BCUT2D eigenvalue weighted by Crippen LogP contribution is 2.41. The van der Waals surface area contributed by atoms with E-state index in [0.717, 1.165) is 18.4 Å². The van der Waals surface area contributed by atoms with Gasteiger partial charge < -0.3 is 9.47 Å². The summed E-state index contributed by atoms with van der Waals surface area (Å²) < 4.78 is 11.2. The molecular formula is C24H35NO4. The van der Waals surface area contributed by atoms with Gasteiger partial charge in [0.1, 0.15) is 11.6 Å². The Morgan fingerprint density at radius 2 is 1.86 bits per heavy atom. The van der Waals surface area contributed by atoms with Crippen LogP contribution in [0.25, 0.3) is 0 Å². The number of benzene rings is 1. The summed E-state index contributed by atoms with van der Waals surface area (Å²) in [5.74, 6) is 0.462. The van der Waals surface area contributed by atoms with Gasteiger partial charge in [-0.15, -0.1) is 0 Å². The minimum absolute atomic E-state index is 0.0485. The smallest absolute Gasteiger partial charge is 0.325 e. The number of rotatable bonds is 5. The third kappa shape index (κ3) is 4.66. The Balaban J connectivity index is 1.83. The zero-order chi connectivity index (χ0) is 21.2. The van der Waals surface area contributed by atoms with Gasteiger partial charge >= 0.3 is 11.9 Å². The lowest BCUT2D eigenvalue weighted by molar-refractivity contribution is -0.161. The van der Waals surface area contributed by atoms with Crippen molar-refractivity contribution >= 4 is 11.9 Å². The van der Waals surface area contributed by atoms with Crippen molar-refractivity contribution < 1.29 is 19.1 Å². The second kappa shape index (κ2) is 8.86. The monoisotopic (exact) mass is 401 g/mol. The molecular weight excluding hydrogens is 366 g/mol. The molecule has 0 unspecified atom stereocenters. The standard InChI is InChI=1S/C24H35NO4/c1-15(2)18-12-11-16(3)13-20(18)29-22(26)19-14-24(4,23(27)28-5)25-21(19)17-9-7-6-8-10-17/h6-10,15-16,18-21,25H,11-14H2,1-5H3/t16-,18+,19+,20-,21+,24+/m1/s1. The van der Waals surface area contributed by atoms with E-state index in [2.05, 4.69) is 26.1 Å². The molecule has 1 aromatic carbocycles. The molecule has 1 saturated carbocycles. The summed E-state index contributed by atoms with van der Waals surface area (Å²) in [6.07, 6.45) is 3.52. The second-order valence-corrected chi connectivity index (χ2v) is 9.47. The third-order valence-electron chi connectivity index (χ3n) is 6.83. The fraction of sp³-hybridized carbons (Fsp3) is 0.667. The molecule has 5 heteroatoms. The van der Waals surface area contributed by atoms with E-state index >= 15 is 0 Å². The molecule has 3 rings (SSSR count). The van der Waals surface area contributed by atoms with Crippen LogP contribution >= 0.6 is 0 Å². The molecule has 0 amide bonds. The quantitative estimate of drug-likeness (QED) is 0.747. The number of hydrogen-bond acceptors (Lipinski definition) is 5. The van der Waals surface area contributed by atoms with Gasteiger partial charge in [-0.1, -0.05) is 57.5 Å². The van der Waals surface area contributed by atoms with Crippen molar-refractivity contribution in [1.82, 2.24) is 5.32 Å². The summed E-state index contributed by atoms with van der Waals surface area (Å²) in [5, 5.41) is 3.37. The third-order valence-corrected chi connectivity index (χ3v) is 6.83. The lowest BCUT2D eigenvalue weighted by Gasteiger charge is -2.37. The highest BCUT2D eigenvalue weighted by atomic mass is 16.5. The Morgan fingerprint density at radius 1 is 1.17 bits per heavy atom. The van der Waals surface area contributed by atoms with Crippen LogP contribution in [0.5, 0.6) is 0 Å². The predicted octanol–water partition coefficient (Wildman–Crippen LogP) is 4.27. The fourth-order valence-electron chi connectivity index (χ4n) is 5.11. The molecule has 1 aromatic rings. The summed E-state index contributed by atoms with van der Waals surface area (Å²) >= 11 is 0. The Morgan fingerprint density at radius 3 is 2.48 bits per heavy atom. The van der Waals surface area contributed by atoms with Crippen molar-refractivity contribution in [2.24, 2.45) is 23.7 Å². The highest BCUT2D eigenvalue weighted by molar-refractivity contribution is 5.84. The normalized spacial score (nSPS) is 34.8. The molecule has 5 nitrogen and oxygen atoms in total. The summed E-state index contributed by atoms with van der Waals surface area (Å²) in [6.45, 7) is 8.46. The van der Waals surface area contributed by atoms with Crippen molar-refractivity contribution in [1.29, 1.82) is 0 Å². The zero-order valence-corrected chi connectivity index (χ0v) is 18.3. The molecule has 1 N–H and O–H groups in total. The fourth-order valence-corrected chi connectivity index (χ4v) is 5.11. The number of carbonyl (C=O) groups excluding carboxylic acids is 2. The van der Waals surface area contributed by atoms with Gasteiger partial charge in [-0.05, 0) is 49.5 Å². The Bertz CT molecular complexity index is 719. The predicted molar refractivity (Wildman–Crippen MR) is 112 cm³/mol. The Labute approximate surface area is 174 Å². The summed E-state index contributed by atoms with van der Waals surface area (Å²) in [6, 6.07) is 9.55. The highest BCUT2D eigenvalue weighted by Gasteiger charge is 2.51. The average Bonchev–Trinajstić information content (AvgIpc) is 3.07. The van der Waals surface area contributed by atoms with E-state index in [1.54, 1.807) is 0 Å². The summed E-state index contributed by atoms with van der Waals surface area (Å²) in [4.78, 5) is 25.8. The van der Waals surface area contributed by atoms with Gasteiger partial charge in [0, 0.05) is 6.04 Å². The van der Waals surface area contributed by atoms with Crippen LogP contribution in [-0.4, -0.2) is 30.7 Å². The van der Waals surface area contributed by atoms with Crippen LogP contribution in [0.4, 0.5) is 0 Å².